The van der Waals surface area contributed by atoms with Gasteiger partial charge in [0.2, 0.25) is 5.15 Å². The van der Waals surface area contributed by atoms with E-state index in [9.17, 15) is 4.79 Å². The number of nitrogens with zero attached hydrogens (tertiary/aromatic N) is 2. The van der Waals surface area contributed by atoms with E-state index in [2.05, 4.69) is 15.3 Å². The zero-order chi connectivity index (χ0) is 11.7. The van der Waals surface area contributed by atoms with Gasteiger partial charge in [0.1, 0.15) is 0 Å². The summed E-state index contributed by atoms with van der Waals surface area (Å²) >= 11 is 10.7. The summed E-state index contributed by atoms with van der Waals surface area (Å²) in [4.78, 5) is 19.6. The normalized spacial score (nSPS) is 10.4. The van der Waals surface area contributed by atoms with Crippen molar-refractivity contribution in [2.45, 2.75) is 0 Å². The van der Waals surface area contributed by atoms with Crippen LogP contribution >= 0.6 is 11.6 Å². The van der Waals surface area contributed by atoms with Gasteiger partial charge in [0, 0.05) is 12.6 Å². The van der Waals surface area contributed by atoms with E-state index in [1.54, 1.807) is 25.2 Å². The SMILES string of the molecule is CNC(=O)c1ccc2nc([ClH+])c(Cl)nc2c1. The number of carbonyl (C=O) groups is 1. The summed E-state index contributed by atoms with van der Waals surface area (Å²) in [6.45, 7) is 0. The van der Waals surface area contributed by atoms with Gasteiger partial charge < -0.3 is 5.32 Å². The van der Waals surface area contributed by atoms with Crippen molar-refractivity contribution >= 4 is 28.5 Å². The molecule has 0 saturated heterocycles. The standard InChI is InChI=1S/C10H7Cl2N3O/c1-13-10(16)5-2-3-6-7(4-5)15-9(12)8(11)14-6/h2-4,11H,1H3/p+1. The van der Waals surface area contributed by atoms with Gasteiger partial charge in [-0.1, -0.05) is 11.6 Å². The van der Waals surface area contributed by atoms with E-state index in [0.717, 1.165) is 0 Å². The van der Waals surface area contributed by atoms with Crippen LogP contribution in [0.2, 0.25) is 10.3 Å². The smallest absolute Gasteiger partial charge is 0.355 e. The summed E-state index contributed by atoms with van der Waals surface area (Å²) in [5, 5.41) is 2.97. The van der Waals surface area contributed by atoms with E-state index in [-0.39, 0.29) is 16.2 Å². The van der Waals surface area contributed by atoms with Gasteiger partial charge >= 0.3 is 5.15 Å². The predicted octanol–water partition coefficient (Wildman–Crippen LogP) is 1.34. The van der Waals surface area contributed by atoms with Crippen molar-refractivity contribution in [3.63, 3.8) is 0 Å². The molecule has 1 aromatic heterocycles. The third-order valence-corrected chi connectivity index (χ3v) is 2.74. The molecule has 2 rings (SSSR count). The highest BCUT2D eigenvalue weighted by molar-refractivity contribution is 6.30. The number of benzene rings is 1. The summed E-state index contributed by atoms with van der Waals surface area (Å²) in [5.41, 5.74) is 1.69. The number of rotatable bonds is 1. The quantitative estimate of drug-likeness (QED) is 0.838. The molecule has 0 aliphatic heterocycles. The molecule has 0 saturated carbocycles. The predicted molar refractivity (Wildman–Crippen MR) is 58.5 cm³/mol. The first kappa shape index (κ1) is 11.1. The second-order valence-corrected chi connectivity index (χ2v) is 3.85. The van der Waals surface area contributed by atoms with E-state index < -0.39 is 0 Å². The minimum atomic E-state index is -0.178. The molecule has 0 aliphatic rings. The van der Waals surface area contributed by atoms with Crippen LogP contribution in [0, 0.1) is 11.6 Å². The molecule has 4 nitrogen and oxygen atoms in total. The third-order valence-electron chi connectivity index (χ3n) is 2.08. The molecule has 16 heavy (non-hydrogen) atoms. The highest BCUT2D eigenvalue weighted by atomic mass is 35.5. The second-order valence-electron chi connectivity index (χ2n) is 3.10. The molecule has 1 heterocycles. The Labute approximate surface area is 102 Å². The zero-order valence-electron chi connectivity index (χ0n) is 8.32. The zero-order valence-corrected chi connectivity index (χ0v) is 9.89. The lowest BCUT2D eigenvalue weighted by Crippen LogP contribution is -2.17. The van der Waals surface area contributed by atoms with E-state index in [0.29, 0.717) is 16.6 Å². The van der Waals surface area contributed by atoms with Crippen LogP contribution in [0.25, 0.3) is 11.0 Å². The van der Waals surface area contributed by atoms with Crippen LogP contribution in [0.1, 0.15) is 10.4 Å². The molecular formula is C10H8Cl2N3O+. The Bertz CT molecular complexity index is 571. The lowest BCUT2D eigenvalue weighted by Gasteiger charge is -2.01. The average molecular weight is 257 g/mol. The first-order chi connectivity index (χ1) is 7.61. The van der Waals surface area contributed by atoms with E-state index in [1.165, 1.54) is 0 Å². The Morgan fingerprint density at radius 3 is 2.81 bits per heavy atom. The molecule has 0 fully saturated rings. The van der Waals surface area contributed by atoms with Gasteiger partial charge in [-0.25, -0.2) is 4.98 Å². The minimum Gasteiger partial charge on any atom is -0.355 e. The molecule has 0 atom stereocenters. The van der Waals surface area contributed by atoms with Crippen LogP contribution < -0.4 is 5.32 Å². The maximum atomic E-state index is 11.4. The Morgan fingerprint density at radius 1 is 1.38 bits per heavy atom. The van der Waals surface area contributed by atoms with Gasteiger partial charge in [-0.05, 0) is 18.2 Å². The number of amides is 1. The molecule has 6 heteroatoms. The van der Waals surface area contributed by atoms with Crippen LogP contribution in [-0.2, 0) is 0 Å². The van der Waals surface area contributed by atoms with E-state index in [1.807, 2.05) is 0 Å². The molecule has 0 spiro atoms. The number of fused-ring (bicyclic) bond motifs is 1. The molecule has 0 unspecified atom stereocenters. The van der Waals surface area contributed by atoms with Crippen LogP contribution in [0.3, 0.4) is 0 Å². The first-order valence-corrected chi connectivity index (χ1v) is 5.27. The first-order valence-electron chi connectivity index (χ1n) is 4.48. The van der Waals surface area contributed by atoms with E-state index in [4.69, 9.17) is 23.2 Å². The fourth-order valence-electron chi connectivity index (χ4n) is 1.30. The van der Waals surface area contributed by atoms with Crippen molar-refractivity contribution in [1.29, 1.82) is 0 Å². The molecule has 1 aromatic carbocycles. The lowest BCUT2D eigenvalue weighted by molar-refractivity contribution is -0.296. The Morgan fingerprint density at radius 2 is 2.12 bits per heavy atom. The van der Waals surface area contributed by atoms with Crippen molar-refractivity contribution in [2.24, 2.45) is 0 Å². The number of hydrogen-bond donors (Lipinski definition) is 1. The van der Waals surface area contributed by atoms with Gasteiger partial charge in [0.15, 0.2) is 11.6 Å². The molecule has 1 amide bonds. The van der Waals surface area contributed by atoms with Crippen molar-refractivity contribution in [3.05, 3.63) is 34.1 Å². The number of halogens is 2. The van der Waals surface area contributed by atoms with Crippen molar-refractivity contribution in [2.75, 3.05) is 7.05 Å². The summed E-state index contributed by atoms with van der Waals surface area (Å²) in [7, 11) is 1.57. The topological polar surface area (TPSA) is 54.9 Å². The van der Waals surface area contributed by atoms with Crippen LogP contribution in [-0.4, -0.2) is 22.9 Å². The minimum absolute atomic E-state index is 0.177. The number of nitrogens with one attached hydrogen (secondary N) is 1. The van der Waals surface area contributed by atoms with Crippen LogP contribution in [0.5, 0.6) is 0 Å². The Hall–Kier alpha value is -1.39. The van der Waals surface area contributed by atoms with Gasteiger partial charge in [0.05, 0.1) is 11.0 Å². The van der Waals surface area contributed by atoms with Crippen molar-refractivity contribution in [1.82, 2.24) is 15.3 Å². The summed E-state index contributed by atoms with van der Waals surface area (Å²) in [5.74, 6) is -0.178. The number of aromatic nitrogens is 2. The highest BCUT2D eigenvalue weighted by Gasteiger charge is 2.12. The molecule has 82 valence electrons. The van der Waals surface area contributed by atoms with Crippen molar-refractivity contribution < 1.29 is 16.4 Å². The maximum Gasteiger partial charge on any atom is 0.356 e. The van der Waals surface area contributed by atoms with Crippen LogP contribution in [0.4, 0.5) is 0 Å². The molecule has 2 aromatic rings. The van der Waals surface area contributed by atoms with Gasteiger partial charge in [-0.2, -0.15) is 4.98 Å². The average Bonchev–Trinajstić information content (AvgIpc) is 2.29. The number of hydrogen-bond acceptors (Lipinski definition) is 3. The van der Waals surface area contributed by atoms with Gasteiger partial charge in [-0.3, -0.25) is 4.79 Å². The summed E-state index contributed by atoms with van der Waals surface area (Å²) in [6.07, 6.45) is 0. The third kappa shape index (κ3) is 1.94. The lowest BCUT2D eigenvalue weighted by atomic mass is 10.2. The Balaban J connectivity index is 2.62. The summed E-state index contributed by atoms with van der Waals surface area (Å²) in [6, 6.07) is 4.99. The van der Waals surface area contributed by atoms with Crippen molar-refractivity contribution in [3.8, 4) is 0 Å². The monoisotopic (exact) mass is 256 g/mol. The largest absolute Gasteiger partial charge is 0.356 e. The highest BCUT2D eigenvalue weighted by Crippen LogP contribution is 2.18. The van der Waals surface area contributed by atoms with Crippen LogP contribution in [0.15, 0.2) is 18.2 Å². The molecule has 0 radical (unpaired) electrons. The molecule has 1 N–H and O–H groups in total. The molecule has 0 bridgehead atoms. The fraction of sp³-hybridized carbons (Fsp3) is 0.100. The Kier molecular flexibility index (Phi) is 2.94. The number of carbonyl (C=O) groups excluding carboxylic acids is 1. The van der Waals surface area contributed by atoms with Gasteiger partial charge in [-0.15, -0.1) is 0 Å². The molecule has 0 aliphatic carbocycles. The fourth-order valence-corrected chi connectivity index (χ4v) is 1.58. The van der Waals surface area contributed by atoms with Gasteiger partial charge in [0.25, 0.3) is 5.91 Å². The summed E-state index contributed by atoms with van der Waals surface area (Å²) < 4.78 is 0. The maximum absolute atomic E-state index is 11.4. The second kappa shape index (κ2) is 4.23. The molecular weight excluding hydrogens is 249 g/mol. The van der Waals surface area contributed by atoms with E-state index >= 15 is 0 Å².